The van der Waals surface area contributed by atoms with Gasteiger partial charge in [-0.2, -0.15) is 0 Å². The lowest BCUT2D eigenvalue weighted by atomic mass is 9.82. The molecule has 0 spiro atoms. The number of hydrogen-bond donors (Lipinski definition) is 1. The lowest BCUT2D eigenvalue weighted by molar-refractivity contribution is 0.341. The van der Waals surface area contributed by atoms with Crippen LogP contribution in [0.1, 0.15) is 41.5 Å². The summed E-state index contributed by atoms with van der Waals surface area (Å²) in [6, 6.07) is 0. The first-order valence-electron chi connectivity index (χ1n) is 5.71. The van der Waals surface area contributed by atoms with Gasteiger partial charge in [0.25, 0.3) is 0 Å². The molecule has 0 aliphatic rings. The summed E-state index contributed by atoms with van der Waals surface area (Å²) < 4.78 is 0. The molecular formula is C15H24O. The molecule has 16 heavy (non-hydrogen) atoms. The molecule has 0 saturated heterocycles. The Balaban J connectivity index is 5.45. The molecule has 0 saturated carbocycles. The number of rotatable bonds is 3. The quantitative estimate of drug-likeness (QED) is 0.562. The highest BCUT2D eigenvalue weighted by molar-refractivity contribution is 5.34. The monoisotopic (exact) mass is 220 g/mol. The molecule has 1 heteroatoms. The Morgan fingerprint density at radius 1 is 1.25 bits per heavy atom. The summed E-state index contributed by atoms with van der Waals surface area (Å²) in [7, 11) is 0. The highest BCUT2D eigenvalue weighted by Gasteiger charge is 2.17. The van der Waals surface area contributed by atoms with Crippen molar-refractivity contribution >= 4 is 0 Å². The summed E-state index contributed by atoms with van der Waals surface area (Å²) in [5.41, 5.74) is 6.81. The molecule has 0 aromatic carbocycles. The van der Waals surface area contributed by atoms with Crippen molar-refractivity contribution < 1.29 is 5.11 Å². The molecule has 0 aliphatic carbocycles. The van der Waals surface area contributed by atoms with Gasteiger partial charge in [0, 0.05) is 5.57 Å². The minimum absolute atomic E-state index is 0.0419. The summed E-state index contributed by atoms with van der Waals surface area (Å²) in [6.07, 6.45) is 5.88. The van der Waals surface area contributed by atoms with Crippen molar-refractivity contribution in [2.75, 3.05) is 6.61 Å². The van der Waals surface area contributed by atoms with Gasteiger partial charge in [-0.1, -0.05) is 32.9 Å². The van der Waals surface area contributed by atoms with Gasteiger partial charge in [0.2, 0.25) is 0 Å². The number of aliphatic hydroxyl groups excluding tert-OH is 1. The number of allylic oxidation sites excluding steroid dienone is 4. The Hall–Kier alpha value is -1.04. The predicted molar refractivity (Wildman–Crippen MR) is 71.3 cm³/mol. The van der Waals surface area contributed by atoms with E-state index in [1.807, 2.05) is 26.0 Å². The van der Waals surface area contributed by atoms with Crippen LogP contribution in [0.4, 0.5) is 0 Å². The average molecular weight is 220 g/mol. The second-order valence-corrected chi connectivity index (χ2v) is 5.02. The lowest BCUT2D eigenvalue weighted by Crippen LogP contribution is -2.10. The molecule has 0 aromatic rings. The van der Waals surface area contributed by atoms with Gasteiger partial charge in [-0.15, -0.1) is 5.73 Å². The molecule has 0 fully saturated rings. The third kappa shape index (κ3) is 5.16. The van der Waals surface area contributed by atoms with Crippen LogP contribution in [0, 0.1) is 5.41 Å². The molecule has 0 unspecified atom stereocenters. The summed E-state index contributed by atoms with van der Waals surface area (Å²) in [4.78, 5) is 0. The van der Waals surface area contributed by atoms with Crippen molar-refractivity contribution in [3.05, 3.63) is 40.7 Å². The zero-order valence-electron chi connectivity index (χ0n) is 11.4. The molecular weight excluding hydrogens is 196 g/mol. The van der Waals surface area contributed by atoms with Crippen LogP contribution in [0.3, 0.4) is 0 Å². The smallest absolute Gasteiger partial charge is 0.0618 e. The summed E-state index contributed by atoms with van der Waals surface area (Å²) in [5, 5.41) is 8.94. The van der Waals surface area contributed by atoms with Crippen LogP contribution < -0.4 is 0 Å². The molecule has 0 aliphatic heterocycles. The minimum atomic E-state index is 0.0419. The van der Waals surface area contributed by atoms with E-state index in [-0.39, 0.29) is 12.0 Å². The van der Waals surface area contributed by atoms with Crippen molar-refractivity contribution in [3.63, 3.8) is 0 Å². The van der Waals surface area contributed by atoms with Gasteiger partial charge >= 0.3 is 0 Å². The topological polar surface area (TPSA) is 20.2 Å². The molecule has 0 radical (unpaired) electrons. The fourth-order valence-corrected chi connectivity index (χ4v) is 1.43. The zero-order valence-corrected chi connectivity index (χ0v) is 11.4. The van der Waals surface area contributed by atoms with E-state index in [2.05, 4.69) is 39.5 Å². The molecule has 0 atom stereocenters. The van der Waals surface area contributed by atoms with E-state index in [1.54, 1.807) is 0 Å². The molecule has 0 bridgehead atoms. The van der Waals surface area contributed by atoms with E-state index >= 15 is 0 Å². The molecule has 90 valence electrons. The number of hydrogen-bond acceptors (Lipinski definition) is 1. The first kappa shape index (κ1) is 15.0. The van der Waals surface area contributed by atoms with Gasteiger partial charge in [0.15, 0.2) is 0 Å². The fourth-order valence-electron chi connectivity index (χ4n) is 1.43. The average Bonchev–Trinajstić information content (AvgIpc) is 2.16. The Bertz CT molecular complexity index is 342. The van der Waals surface area contributed by atoms with Crippen LogP contribution in [-0.4, -0.2) is 11.7 Å². The SMILES string of the molecule is C/C=C(\C)C=C=C(/C(C)=C/CO)C(C)(C)C. The van der Waals surface area contributed by atoms with Crippen molar-refractivity contribution in [1.29, 1.82) is 0 Å². The third-order valence-electron chi connectivity index (χ3n) is 2.44. The van der Waals surface area contributed by atoms with Gasteiger partial charge in [0.1, 0.15) is 0 Å². The molecule has 0 rings (SSSR count). The first-order chi connectivity index (χ1) is 7.32. The standard InChI is InChI=1S/C15H24O/c1-7-12(2)8-9-14(15(4,5)6)13(3)10-11-16/h7-8,10,16H,11H2,1-6H3/b12-7+,13-10+. The lowest BCUT2D eigenvalue weighted by Gasteiger charge is -2.21. The van der Waals surface area contributed by atoms with Gasteiger partial charge in [0.05, 0.1) is 6.61 Å². The van der Waals surface area contributed by atoms with E-state index in [9.17, 15) is 0 Å². The Morgan fingerprint density at radius 3 is 2.19 bits per heavy atom. The fraction of sp³-hybridized carbons (Fsp3) is 0.533. The summed E-state index contributed by atoms with van der Waals surface area (Å²) >= 11 is 0. The minimum Gasteiger partial charge on any atom is -0.392 e. The Labute approximate surface area is 99.9 Å². The second kappa shape index (κ2) is 6.52. The number of aliphatic hydroxyl groups is 1. The van der Waals surface area contributed by atoms with Crippen LogP contribution >= 0.6 is 0 Å². The largest absolute Gasteiger partial charge is 0.392 e. The molecule has 1 nitrogen and oxygen atoms in total. The highest BCUT2D eigenvalue weighted by atomic mass is 16.2. The van der Waals surface area contributed by atoms with Crippen molar-refractivity contribution in [3.8, 4) is 0 Å². The van der Waals surface area contributed by atoms with E-state index in [0.717, 1.165) is 11.1 Å². The van der Waals surface area contributed by atoms with E-state index in [1.165, 1.54) is 5.57 Å². The second-order valence-electron chi connectivity index (χ2n) is 5.02. The van der Waals surface area contributed by atoms with Crippen molar-refractivity contribution in [2.24, 2.45) is 5.41 Å². The van der Waals surface area contributed by atoms with Crippen LogP contribution in [-0.2, 0) is 0 Å². The normalized spacial score (nSPS) is 13.4. The van der Waals surface area contributed by atoms with Gasteiger partial charge in [-0.25, -0.2) is 0 Å². The van der Waals surface area contributed by atoms with Crippen LogP contribution in [0.25, 0.3) is 0 Å². The van der Waals surface area contributed by atoms with Crippen LogP contribution in [0.2, 0.25) is 0 Å². The van der Waals surface area contributed by atoms with Gasteiger partial charge in [-0.05, 0) is 43.4 Å². The Kier molecular flexibility index (Phi) is 6.10. The molecule has 0 amide bonds. The third-order valence-corrected chi connectivity index (χ3v) is 2.44. The summed E-state index contributed by atoms with van der Waals surface area (Å²) in [6.45, 7) is 12.6. The maximum Gasteiger partial charge on any atom is 0.0618 e. The highest BCUT2D eigenvalue weighted by Crippen LogP contribution is 2.30. The van der Waals surface area contributed by atoms with Crippen LogP contribution in [0.15, 0.2) is 40.7 Å². The maximum atomic E-state index is 8.94. The van der Waals surface area contributed by atoms with Crippen molar-refractivity contribution in [1.82, 2.24) is 0 Å². The molecule has 0 heterocycles. The Morgan fingerprint density at radius 2 is 1.81 bits per heavy atom. The van der Waals surface area contributed by atoms with E-state index < -0.39 is 0 Å². The van der Waals surface area contributed by atoms with Gasteiger partial charge in [-0.3, -0.25) is 0 Å². The zero-order chi connectivity index (χ0) is 12.8. The summed E-state index contributed by atoms with van der Waals surface area (Å²) in [5.74, 6) is 0. The predicted octanol–water partition coefficient (Wildman–Crippen LogP) is 4.02. The van der Waals surface area contributed by atoms with E-state index in [0.29, 0.717) is 0 Å². The van der Waals surface area contributed by atoms with Gasteiger partial charge < -0.3 is 5.11 Å². The van der Waals surface area contributed by atoms with Crippen LogP contribution in [0.5, 0.6) is 0 Å². The molecule has 1 N–H and O–H groups in total. The first-order valence-corrected chi connectivity index (χ1v) is 5.71. The van der Waals surface area contributed by atoms with E-state index in [4.69, 9.17) is 5.11 Å². The van der Waals surface area contributed by atoms with Crippen molar-refractivity contribution in [2.45, 2.75) is 41.5 Å². The molecule has 0 aromatic heterocycles. The maximum absolute atomic E-state index is 8.94.